The van der Waals surface area contributed by atoms with E-state index in [2.05, 4.69) is 132 Å². The van der Waals surface area contributed by atoms with Crippen LogP contribution in [-0.2, 0) is 5.41 Å². The number of nitrogens with zero attached hydrogens (tertiary/aromatic N) is 2. The minimum absolute atomic E-state index is 0.0937. The van der Waals surface area contributed by atoms with E-state index < -0.39 is 11.5 Å². The van der Waals surface area contributed by atoms with Gasteiger partial charge in [-0.05, 0) is 129 Å². The van der Waals surface area contributed by atoms with Crippen LogP contribution in [0.4, 0.5) is 34.1 Å². The first-order chi connectivity index (χ1) is 30.8. The molecule has 1 heterocycles. The molecule has 0 radical (unpaired) electrons. The highest BCUT2D eigenvalue weighted by Crippen LogP contribution is 2.64. The first kappa shape index (κ1) is 27.9. The van der Waals surface area contributed by atoms with Crippen LogP contribution in [0.25, 0.3) is 44.2 Å². The van der Waals surface area contributed by atoms with Crippen LogP contribution in [0.3, 0.4) is 0 Å². The van der Waals surface area contributed by atoms with Crippen molar-refractivity contribution in [3.05, 3.63) is 241 Å². The Labute approximate surface area is 344 Å². The van der Waals surface area contributed by atoms with Gasteiger partial charge in [0.25, 0.3) is 0 Å². The number of rotatable bonds is 6. The molecule has 10 aromatic rings. The summed E-state index contributed by atoms with van der Waals surface area (Å²) in [5.41, 5.74) is 14.5. The molecule has 3 heteroatoms. The van der Waals surface area contributed by atoms with Gasteiger partial charge < -0.3 is 14.2 Å². The minimum atomic E-state index is -0.721. The molecule has 3 nitrogen and oxygen atoms in total. The van der Waals surface area contributed by atoms with Crippen LogP contribution in [0.1, 0.15) is 29.1 Å². The molecular formula is C55H36N2O. The fourth-order valence-electron chi connectivity index (χ4n) is 9.62. The molecule has 0 fully saturated rings. The van der Waals surface area contributed by atoms with Crippen molar-refractivity contribution in [1.29, 1.82) is 0 Å². The first-order valence-corrected chi connectivity index (χ1v) is 19.5. The molecule has 1 unspecified atom stereocenters. The SMILES string of the molecule is [2H]c1c([2H])c([2H])c(N(c2ccccc2)c2ccc3c(c2)C2(c4ccccc4-c4cc(N(c5ccccc5)c5ccc6oc7ccccc7c6c5)ccc42)c2ccccc2-3)c([2H])c1[2H]. The van der Waals surface area contributed by atoms with Gasteiger partial charge in [0.2, 0.25) is 0 Å². The van der Waals surface area contributed by atoms with Gasteiger partial charge >= 0.3 is 0 Å². The summed E-state index contributed by atoms with van der Waals surface area (Å²) in [6.45, 7) is 0. The van der Waals surface area contributed by atoms with E-state index in [-0.39, 0.29) is 29.9 Å². The van der Waals surface area contributed by atoms with Crippen LogP contribution >= 0.6 is 0 Å². The summed E-state index contributed by atoms with van der Waals surface area (Å²) < 4.78 is 50.1. The van der Waals surface area contributed by atoms with Gasteiger partial charge in [-0.2, -0.15) is 0 Å². The van der Waals surface area contributed by atoms with E-state index >= 15 is 0 Å². The lowest BCUT2D eigenvalue weighted by molar-refractivity contribution is 0.669. The van der Waals surface area contributed by atoms with Gasteiger partial charge in [0.15, 0.2) is 0 Å². The van der Waals surface area contributed by atoms with Crippen LogP contribution in [0, 0.1) is 0 Å². The fraction of sp³-hybridized carbons (Fsp3) is 0.0182. The summed E-state index contributed by atoms with van der Waals surface area (Å²) in [5.74, 6) is 0. The second-order valence-electron chi connectivity index (χ2n) is 14.9. The maximum absolute atomic E-state index is 9.10. The Balaban J connectivity index is 1.10. The van der Waals surface area contributed by atoms with E-state index in [0.29, 0.717) is 11.4 Å². The maximum Gasteiger partial charge on any atom is 0.135 e. The van der Waals surface area contributed by atoms with Crippen molar-refractivity contribution in [2.24, 2.45) is 0 Å². The second-order valence-corrected chi connectivity index (χ2v) is 14.9. The first-order valence-electron chi connectivity index (χ1n) is 22.0. The summed E-state index contributed by atoms with van der Waals surface area (Å²) in [7, 11) is 0. The lowest BCUT2D eigenvalue weighted by atomic mass is 9.70. The van der Waals surface area contributed by atoms with Gasteiger partial charge in [-0.1, -0.05) is 133 Å². The molecule has 1 atom stereocenters. The van der Waals surface area contributed by atoms with E-state index in [9.17, 15) is 0 Å². The second kappa shape index (κ2) is 12.7. The lowest BCUT2D eigenvalue weighted by Gasteiger charge is -2.32. The molecule has 272 valence electrons. The maximum atomic E-state index is 9.10. The highest BCUT2D eigenvalue weighted by molar-refractivity contribution is 6.07. The van der Waals surface area contributed by atoms with Crippen molar-refractivity contribution in [3.63, 3.8) is 0 Å². The topological polar surface area (TPSA) is 19.6 Å². The van der Waals surface area contributed by atoms with E-state index in [1.54, 1.807) is 4.90 Å². The molecule has 0 bridgehead atoms. The highest BCUT2D eigenvalue weighted by Gasteiger charge is 2.52. The molecule has 2 aliphatic carbocycles. The molecule has 1 spiro atoms. The Morgan fingerprint density at radius 1 is 0.345 bits per heavy atom. The third kappa shape index (κ3) is 4.68. The Bertz CT molecular complexity index is 3470. The molecule has 9 aromatic carbocycles. The highest BCUT2D eigenvalue weighted by atomic mass is 16.3. The van der Waals surface area contributed by atoms with Crippen LogP contribution in [0.5, 0.6) is 0 Å². The van der Waals surface area contributed by atoms with Gasteiger partial charge in [0.05, 0.1) is 12.3 Å². The van der Waals surface area contributed by atoms with Gasteiger partial charge in [-0.3, -0.25) is 0 Å². The molecule has 0 saturated carbocycles. The Morgan fingerprint density at radius 3 is 1.60 bits per heavy atom. The summed E-state index contributed by atoms with van der Waals surface area (Å²) in [5, 5.41) is 2.13. The smallest absolute Gasteiger partial charge is 0.135 e. The summed E-state index contributed by atoms with van der Waals surface area (Å²) in [6, 6.07) is 63.3. The van der Waals surface area contributed by atoms with E-state index in [1.807, 2.05) is 60.7 Å². The molecule has 1 aromatic heterocycles. The van der Waals surface area contributed by atoms with Crippen molar-refractivity contribution < 1.29 is 11.3 Å². The number of fused-ring (bicyclic) bond motifs is 13. The predicted molar refractivity (Wildman–Crippen MR) is 239 cm³/mol. The van der Waals surface area contributed by atoms with Crippen LogP contribution in [-0.4, -0.2) is 0 Å². The Kier molecular flexibility index (Phi) is 6.11. The Morgan fingerprint density at radius 2 is 0.862 bits per heavy atom. The van der Waals surface area contributed by atoms with Crippen molar-refractivity contribution in [2.45, 2.75) is 5.41 Å². The molecule has 0 saturated heterocycles. The average Bonchev–Trinajstić information content (AvgIpc) is 3.96. The molecule has 12 rings (SSSR count). The van der Waals surface area contributed by atoms with Crippen molar-refractivity contribution in [2.75, 3.05) is 9.80 Å². The minimum Gasteiger partial charge on any atom is -0.456 e. The van der Waals surface area contributed by atoms with Gasteiger partial charge in [0.1, 0.15) is 11.2 Å². The average molecular weight is 746 g/mol. The largest absolute Gasteiger partial charge is 0.456 e. The number of anilines is 6. The van der Waals surface area contributed by atoms with Crippen molar-refractivity contribution >= 4 is 56.1 Å². The number of para-hydroxylation sites is 4. The van der Waals surface area contributed by atoms with Crippen LogP contribution in [0.2, 0.25) is 0 Å². The lowest BCUT2D eigenvalue weighted by Crippen LogP contribution is -2.26. The predicted octanol–water partition coefficient (Wildman–Crippen LogP) is 14.9. The van der Waals surface area contributed by atoms with Gasteiger partial charge in [0, 0.05) is 44.9 Å². The summed E-state index contributed by atoms with van der Waals surface area (Å²) in [4.78, 5) is 4.11. The number of hydrogen-bond donors (Lipinski definition) is 0. The van der Waals surface area contributed by atoms with E-state index in [4.69, 9.17) is 11.3 Å². The Hall–Kier alpha value is -7.62. The van der Waals surface area contributed by atoms with Gasteiger partial charge in [-0.15, -0.1) is 0 Å². The molecule has 2 aliphatic rings. The fourth-order valence-corrected chi connectivity index (χ4v) is 9.62. The van der Waals surface area contributed by atoms with Crippen molar-refractivity contribution in [3.8, 4) is 22.3 Å². The standard InChI is InChI=1S/C55H36N2O/c1-4-16-37(17-5-1)56(38-18-6-2-7-19-38)42-28-31-45-43-22-10-13-25-49(43)55(52(45)36-42)50-26-14-11-23-44(50)47-34-40(29-32-51(47)55)57(39-20-8-3-9-21-39)41-30-33-54-48(35-41)46-24-12-15-27-53(46)58-54/h1-36H/i1D,4D,5D,16D,17D. The zero-order chi connectivity index (χ0) is 42.6. The summed E-state index contributed by atoms with van der Waals surface area (Å²) in [6.07, 6.45) is 0. The third-order valence-corrected chi connectivity index (χ3v) is 11.9. The molecule has 0 N–H and O–H groups in total. The van der Waals surface area contributed by atoms with Crippen molar-refractivity contribution in [1.82, 2.24) is 0 Å². The zero-order valence-electron chi connectivity index (χ0n) is 36.2. The monoisotopic (exact) mass is 745 g/mol. The molecule has 0 aliphatic heterocycles. The van der Waals surface area contributed by atoms with Crippen LogP contribution < -0.4 is 9.80 Å². The van der Waals surface area contributed by atoms with Gasteiger partial charge in [-0.25, -0.2) is 0 Å². The number of furan rings is 1. The molecule has 0 amide bonds. The summed E-state index contributed by atoms with van der Waals surface area (Å²) >= 11 is 0. The number of hydrogen-bond acceptors (Lipinski definition) is 3. The van der Waals surface area contributed by atoms with E-state index in [1.165, 1.54) is 5.56 Å². The van der Waals surface area contributed by atoms with Crippen LogP contribution in [0.15, 0.2) is 223 Å². The zero-order valence-corrected chi connectivity index (χ0v) is 31.2. The quantitative estimate of drug-likeness (QED) is 0.169. The molecule has 58 heavy (non-hydrogen) atoms. The third-order valence-electron chi connectivity index (χ3n) is 11.9. The molecular weight excluding hydrogens is 705 g/mol. The van der Waals surface area contributed by atoms with E-state index in [0.717, 1.165) is 77.9 Å². The normalized spacial score (nSPS) is 15.8. The number of benzene rings is 9.